The number of benzene rings is 3. The van der Waals surface area contributed by atoms with Gasteiger partial charge in [0.05, 0.1) is 16.6 Å². The molecule has 0 bridgehead atoms. The van der Waals surface area contributed by atoms with Crippen LogP contribution in [0.5, 0.6) is 11.6 Å². The number of fused-ring (bicyclic) bond motifs is 1. The maximum Gasteiger partial charge on any atom is 0.323 e. The monoisotopic (exact) mass is 417 g/mol. The van der Waals surface area contributed by atoms with Crippen molar-refractivity contribution in [3.8, 4) is 11.6 Å². The number of amides is 2. The molecule has 0 atom stereocenters. The standard InChI is InChI=1S/C23H20FN5O2/c1-29(2)16-9-12-18-21(13-16)25-14-26-22(18)31-17-10-7-15(8-11-17)27-23(30)28-20-6-4-3-5-19(20)24/h3-14H,1-2H3,(H2,27,28,30). The molecule has 0 spiro atoms. The molecule has 7 nitrogen and oxygen atoms in total. The van der Waals surface area contributed by atoms with E-state index in [1.807, 2.05) is 37.2 Å². The summed E-state index contributed by atoms with van der Waals surface area (Å²) < 4.78 is 19.6. The summed E-state index contributed by atoms with van der Waals surface area (Å²) in [5.41, 5.74) is 2.44. The number of para-hydroxylation sites is 1. The highest BCUT2D eigenvalue weighted by Crippen LogP contribution is 2.29. The van der Waals surface area contributed by atoms with E-state index in [1.54, 1.807) is 36.4 Å². The summed E-state index contributed by atoms with van der Waals surface area (Å²) in [5.74, 6) is 0.487. The van der Waals surface area contributed by atoms with E-state index in [0.29, 0.717) is 17.3 Å². The Morgan fingerprint density at radius 3 is 2.48 bits per heavy atom. The Kier molecular flexibility index (Phi) is 5.61. The van der Waals surface area contributed by atoms with Gasteiger partial charge in [-0.2, -0.15) is 0 Å². The number of ether oxygens (including phenoxy) is 1. The lowest BCUT2D eigenvalue weighted by molar-refractivity contribution is 0.262. The van der Waals surface area contributed by atoms with Crippen LogP contribution < -0.4 is 20.3 Å². The molecule has 4 aromatic rings. The Balaban J connectivity index is 1.45. The van der Waals surface area contributed by atoms with Crippen molar-refractivity contribution >= 4 is 34.0 Å². The lowest BCUT2D eigenvalue weighted by Crippen LogP contribution is -2.20. The first kappa shape index (κ1) is 20.1. The number of nitrogens with one attached hydrogen (secondary N) is 2. The molecule has 1 aromatic heterocycles. The Labute approximate surface area is 178 Å². The molecular formula is C23H20FN5O2. The number of hydrogen-bond acceptors (Lipinski definition) is 5. The number of nitrogens with zero attached hydrogens (tertiary/aromatic N) is 3. The molecule has 0 unspecified atom stereocenters. The maximum atomic E-state index is 13.6. The van der Waals surface area contributed by atoms with E-state index in [2.05, 4.69) is 20.6 Å². The van der Waals surface area contributed by atoms with Crippen LogP contribution in [0.4, 0.5) is 26.2 Å². The average Bonchev–Trinajstić information content (AvgIpc) is 2.76. The largest absolute Gasteiger partial charge is 0.438 e. The van der Waals surface area contributed by atoms with Crippen molar-refractivity contribution in [2.45, 2.75) is 0 Å². The summed E-state index contributed by atoms with van der Waals surface area (Å²) >= 11 is 0. The van der Waals surface area contributed by atoms with Crippen LogP contribution in [-0.4, -0.2) is 30.1 Å². The van der Waals surface area contributed by atoms with Crippen LogP contribution in [0.1, 0.15) is 0 Å². The van der Waals surface area contributed by atoms with Crippen LogP contribution in [0, 0.1) is 5.82 Å². The first-order valence-electron chi connectivity index (χ1n) is 9.52. The molecule has 1 heterocycles. The van der Waals surface area contributed by atoms with Gasteiger partial charge in [0.2, 0.25) is 5.88 Å². The first-order valence-corrected chi connectivity index (χ1v) is 9.52. The van der Waals surface area contributed by atoms with Gasteiger partial charge in [0.15, 0.2) is 0 Å². The normalized spacial score (nSPS) is 10.5. The number of aromatic nitrogens is 2. The molecule has 2 amide bonds. The van der Waals surface area contributed by atoms with E-state index in [4.69, 9.17) is 4.74 Å². The third kappa shape index (κ3) is 4.69. The van der Waals surface area contributed by atoms with Crippen LogP contribution in [-0.2, 0) is 0 Å². The fraction of sp³-hybridized carbons (Fsp3) is 0.0870. The average molecular weight is 417 g/mol. The van der Waals surface area contributed by atoms with Gasteiger partial charge in [0, 0.05) is 25.5 Å². The summed E-state index contributed by atoms with van der Waals surface area (Å²) in [4.78, 5) is 22.6. The summed E-state index contributed by atoms with van der Waals surface area (Å²) in [5, 5.41) is 5.91. The van der Waals surface area contributed by atoms with Crippen molar-refractivity contribution in [3.05, 3.63) is 78.9 Å². The predicted octanol–water partition coefficient (Wildman–Crippen LogP) is 5.27. The fourth-order valence-electron chi connectivity index (χ4n) is 2.95. The van der Waals surface area contributed by atoms with E-state index in [-0.39, 0.29) is 5.69 Å². The molecule has 0 radical (unpaired) electrons. The molecule has 0 aliphatic carbocycles. The highest BCUT2D eigenvalue weighted by Gasteiger charge is 2.09. The molecule has 0 saturated heterocycles. The van der Waals surface area contributed by atoms with E-state index < -0.39 is 11.8 Å². The molecule has 2 N–H and O–H groups in total. The van der Waals surface area contributed by atoms with Gasteiger partial charge in [-0.3, -0.25) is 0 Å². The zero-order valence-electron chi connectivity index (χ0n) is 17.0. The van der Waals surface area contributed by atoms with Crippen molar-refractivity contribution in [1.82, 2.24) is 9.97 Å². The van der Waals surface area contributed by atoms with Gasteiger partial charge >= 0.3 is 6.03 Å². The predicted molar refractivity (Wildman–Crippen MR) is 119 cm³/mol. The lowest BCUT2D eigenvalue weighted by atomic mass is 10.2. The summed E-state index contributed by atoms with van der Waals surface area (Å²) in [6.07, 6.45) is 1.46. The van der Waals surface area contributed by atoms with Gasteiger partial charge < -0.3 is 20.3 Å². The Morgan fingerprint density at radius 1 is 0.968 bits per heavy atom. The van der Waals surface area contributed by atoms with Crippen molar-refractivity contribution in [1.29, 1.82) is 0 Å². The molecule has 156 valence electrons. The van der Waals surface area contributed by atoms with E-state index >= 15 is 0 Å². The highest BCUT2D eigenvalue weighted by molar-refractivity contribution is 5.99. The molecule has 4 rings (SSSR count). The molecule has 0 aliphatic heterocycles. The highest BCUT2D eigenvalue weighted by atomic mass is 19.1. The van der Waals surface area contributed by atoms with E-state index in [9.17, 15) is 9.18 Å². The second kappa shape index (κ2) is 8.66. The zero-order chi connectivity index (χ0) is 21.8. The van der Waals surface area contributed by atoms with Crippen molar-refractivity contribution in [2.24, 2.45) is 0 Å². The van der Waals surface area contributed by atoms with Crippen molar-refractivity contribution in [3.63, 3.8) is 0 Å². The van der Waals surface area contributed by atoms with Crippen LogP contribution >= 0.6 is 0 Å². The van der Waals surface area contributed by atoms with Gasteiger partial charge in [0.25, 0.3) is 0 Å². The Bertz CT molecular complexity index is 1230. The minimum Gasteiger partial charge on any atom is -0.438 e. The minimum atomic E-state index is -0.544. The number of halogens is 1. The number of carbonyl (C=O) groups excluding carboxylic acids is 1. The molecule has 0 fully saturated rings. The summed E-state index contributed by atoms with van der Waals surface area (Å²) in [6, 6.07) is 18.1. The minimum absolute atomic E-state index is 0.105. The van der Waals surface area contributed by atoms with Gasteiger partial charge in [0.1, 0.15) is 17.9 Å². The number of hydrogen-bond donors (Lipinski definition) is 2. The molecule has 0 saturated carbocycles. The zero-order valence-corrected chi connectivity index (χ0v) is 17.0. The third-order valence-corrected chi connectivity index (χ3v) is 4.55. The smallest absolute Gasteiger partial charge is 0.323 e. The van der Waals surface area contributed by atoms with Crippen molar-refractivity contribution < 1.29 is 13.9 Å². The number of anilines is 3. The molecule has 3 aromatic carbocycles. The van der Waals surface area contributed by atoms with Crippen molar-refractivity contribution in [2.75, 3.05) is 29.6 Å². The quantitative estimate of drug-likeness (QED) is 0.462. The van der Waals surface area contributed by atoms with E-state index in [0.717, 1.165) is 16.6 Å². The third-order valence-electron chi connectivity index (χ3n) is 4.55. The topological polar surface area (TPSA) is 79.4 Å². The molecular weight excluding hydrogens is 397 g/mol. The summed E-state index contributed by atoms with van der Waals surface area (Å²) in [7, 11) is 3.93. The van der Waals surface area contributed by atoms with Gasteiger partial charge in [-0.1, -0.05) is 12.1 Å². The van der Waals surface area contributed by atoms with Crippen LogP contribution in [0.15, 0.2) is 73.1 Å². The second-order valence-electron chi connectivity index (χ2n) is 6.96. The molecule has 31 heavy (non-hydrogen) atoms. The number of urea groups is 1. The second-order valence-corrected chi connectivity index (χ2v) is 6.96. The number of carbonyl (C=O) groups is 1. The summed E-state index contributed by atoms with van der Waals surface area (Å²) in [6.45, 7) is 0. The first-order chi connectivity index (χ1) is 15.0. The Morgan fingerprint density at radius 2 is 1.74 bits per heavy atom. The van der Waals surface area contributed by atoms with Crippen LogP contribution in [0.2, 0.25) is 0 Å². The fourth-order valence-corrected chi connectivity index (χ4v) is 2.95. The SMILES string of the molecule is CN(C)c1ccc2c(Oc3ccc(NC(=O)Nc4ccccc4F)cc3)ncnc2c1. The Hall–Kier alpha value is -4.20. The van der Waals surface area contributed by atoms with Crippen LogP contribution in [0.3, 0.4) is 0 Å². The van der Waals surface area contributed by atoms with Gasteiger partial charge in [-0.15, -0.1) is 0 Å². The lowest BCUT2D eigenvalue weighted by Gasteiger charge is -2.14. The van der Waals surface area contributed by atoms with Crippen LogP contribution in [0.25, 0.3) is 10.9 Å². The number of rotatable bonds is 5. The maximum absolute atomic E-state index is 13.6. The molecule has 0 aliphatic rings. The molecule has 8 heteroatoms. The van der Waals surface area contributed by atoms with Gasteiger partial charge in [-0.05, 0) is 54.6 Å². The van der Waals surface area contributed by atoms with E-state index in [1.165, 1.54) is 18.5 Å². The van der Waals surface area contributed by atoms with Gasteiger partial charge in [-0.25, -0.2) is 19.2 Å².